The molecule has 0 aromatic carbocycles. The standard InChI is InChI=1S/C26H36N4O2/c1-18(2)26-29-17-23(20-11-13-27-14-12-20)25(30-26)21-7-5-19(6-8-21)16-28-24(31)10-9-22-4-3-15-32-22/h11-14,17-19,21-22H,3-10,15-16H2,1-2H3,(H,28,31)/t19?,21?,22-/m0/s1. The smallest absolute Gasteiger partial charge is 0.220 e. The minimum absolute atomic E-state index is 0.167. The first-order valence-corrected chi connectivity index (χ1v) is 12.3. The van der Waals surface area contributed by atoms with Gasteiger partial charge in [-0.15, -0.1) is 0 Å². The maximum atomic E-state index is 12.2. The summed E-state index contributed by atoms with van der Waals surface area (Å²) in [6.45, 7) is 5.92. The monoisotopic (exact) mass is 436 g/mol. The van der Waals surface area contributed by atoms with Gasteiger partial charge in [0.05, 0.1) is 11.8 Å². The van der Waals surface area contributed by atoms with Crippen LogP contribution in [-0.4, -0.2) is 40.1 Å². The number of hydrogen-bond donors (Lipinski definition) is 1. The predicted molar refractivity (Wildman–Crippen MR) is 125 cm³/mol. The first-order valence-electron chi connectivity index (χ1n) is 12.3. The molecule has 1 saturated heterocycles. The van der Waals surface area contributed by atoms with Crippen molar-refractivity contribution >= 4 is 5.91 Å². The van der Waals surface area contributed by atoms with Gasteiger partial charge in [-0.2, -0.15) is 0 Å². The zero-order valence-corrected chi connectivity index (χ0v) is 19.4. The molecule has 1 saturated carbocycles. The largest absolute Gasteiger partial charge is 0.378 e. The van der Waals surface area contributed by atoms with E-state index in [1.807, 2.05) is 30.7 Å². The highest BCUT2D eigenvalue weighted by Crippen LogP contribution is 2.39. The molecule has 2 aliphatic rings. The quantitative estimate of drug-likeness (QED) is 0.629. The topological polar surface area (TPSA) is 77.0 Å². The molecule has 2 fully saturated rings. The minimum Gasteiger partial charge on any atom is -0.378 e. The van der Waals surface area contributed by atoms with E-state index in [0.29, 0.717) is 24.2 Å². The highest BCUT2D eigenvalue weighted by molar-refractivity contribution is 5.75. The summed E-state index contributed by atoms with van der Waals surface area (Å²) in [5, 5.41) is 3.17. The summed E-state index contributed by atoms with van der Waals surface area (Å²) in [4.78, 5) is 26.1. The fourth-order valence-electron chi connectivity index (χ4n) is 4.90. The van der Waals surface area contributed by atoms with Gasteiger partial charge in [-0.05, 0) is 68.6 Å². The molecule has 1 amide bonds. The third kappa shape index (κ3) is 5.91. The Hall–Kier alpha value is -2.34. The van der Waals surface area contributed by atoms with E-state index in [2.05, 4.69) is 29.1 Å². The molecule has 32 heavy (non-hydrogen) atoms. The van der Waals surface area contributed by atoms with Gasteiger partial charge in [0.1, 0.15) is 5.82 Å². The van der Waals surface area contributed by atoms with Gasteiger partial charge in [0, 0.05) is 55.6 Å². The fourth-order valence-corrected chi connectivity index (χ4v) is 4.90. The molecule has 0 radical (unpaired) electrons. The van der Waals surface area contributed by atoms with Crippen LogP contribution in [0, 0.1) is 5.92 Å². The van der Waals surface area contributed by atoms with Crippen LogP contribution in [0.2, 0.25) is 0 Å². The maximum Gasteiger partial charge on any atom is 0.220 e. The summed E-state index contributed by atoms with van der Waals surface area (Å²) < 4.78 is 5.62. The molecule has 1 aliphatic carbocycles. The van der Waals surface area contributed by atoms with Crippen LogP contribution in [0.25, 0.3) is 11.1 Å². The van der Waals surface area contributed by atoms with Crippen molar-refractivity contribution in [2.24, 2.45) is 5.92 Å². The van der Waals surface area contributed by atoms with Crippen LogP contribution in [0.15, 0.2) is 30.7 Å². The molecule has 3 heterocycles. The summed E-state index contributed by atoms with van der Waals surface area (Å²) in [5.41, 5.74) is 3.43. The van der Waals surface area contributed by atoms with Gasteiger partial charge in [0.25, 0.3) is 0 Å². The number of nitrogens with one attached hydrogen (secondary N) is 1. The Labute approximate surface area is 191 Å². The van der Waals surface area contributed by atoms with E-state index in [0.717, 1.165) is 75.0 Å². The lowest BCUT2D eigenvalue weighted by Crippen LogP contribution is -2.31. The number of carbonyl (C=O) groups is 1. The van der Waals surface area contributed by atoms with Crippen LogP contribution < -0.4 is 5.32 Å². The van der Waals surface area contributed by atoms with Gasteiger partial charge in [-0.1, -0.05) is 13.8 Å². The lowest BCUT2D eigenvalue weighted by atomic mass is 9.79. The average Bonchev–Trinajstić information content (AvgIpc) is 3.36. The Morgan fingerprint density at radius 1 is 1.16 bits per heavy atom. The predicted octanol–water partition coefficient (Wildman–Crippen LogP) is 5.01. The van der Waals surface area contributed by atoms with Gasteiger partial charge in [-0.25, -0.2) is 9.97 Å². The van der Waals surface area contributed by atoms with E-state index in [1.165, 1.54) is 5.69 Å². The maximum absolute atomic E-state index is 12.2. The van der Waals surface area contributed by atoms with E-state index in [9.17, 15) is 4.79 Å². The number of amides is 1. The average molecular weight is 437 g/mol. The minimum atomic E-state index is 0.167. The molecule has 2 aromatic rings. The first-order chi connectivity index (χ1) is 15.6. The van der Waals surface area contributed by atoms with Gasteiger partial charge < -0.3 is 10.1 Å². The molecular formula is C26H36N4O2. The van der Waals surface area contributed by atoms with E-state index in [4.69, 9.17) is 9.72 Å². The van der Waals surface area contributed by atoms with Crippen molar-refractivity contribution < 1.29 is 9.53 Å². The molecule has 0 unspecified atom stereocenters. The molecule has 4 rings (SSSR count). The van der Waals surface area contributed by atoms with Gasteiger partial charge in [0.15, 0.2) is 0 Å². The Morgan fingerprint density at radius 2 is 1.94 bits per heavy atom. The molecule has 1 aliphatic heterocycles. The van der Waals surface area contributed by atoms with Crippen LogP contribution in [0.3, 0.4) is 0 Å². The lowest BCUT2D eigenvalue weighted by molar-refractivity contribution is -0.121. The molecule has 0 spiro atoms. The number of hydrogen-bond acceptors (Lipinski definition) is 5. The van der Waals surface area contributed by atoms with Crippen LogP contribution in [0.1, 0.15) is 88.6 Å². The number of aromatic nitrogens is 3. The van der Waals surface area contributed by atoms with Crippen molar-refractivity contribution in [3.63, 3.8) is 0 Å². The molecule has 6 heteroatoms. The number of nitrogens with zero attached hydrogens (tertiary/aromatic N) is 3. The molecule has 2 aromatic heterocycles. The van der Waals surface area contributed by atoms with E-state index in [1.54, 1.807) is 0 Å². The molecule has 0 bridgehead atoms. The van der Waals surface area contributed by atoms with Gasteiger partial charge in [-0.3, -0.25) is 9.78 Å². The normalized spacial score (nSPS) is 23.4. The zero-order valence-electron chi connectivity index (χ0n) is 19.4. The zero-order chi connectivity index (χ0) is 22.3. The molecule has 1 atom stereocenters. The van der Waals surface area contributed by atoms with E-state index < -0.39 is 0 Å². The van der Waals surface area contributed by atoms with Crippen molar-refractivity contribution in [3.8, 4) is 11.1 Å². The Kier molecular flexibility index (Phi) is 7.85. The molecular weight excluding hydrogens is 400 g/mol. The van der Waals surface area contributed by atoms with Gasteiger partial charge in [0.2, 0.25) is 5.91 Å². The number of rotatable bonds is 8. The van der Waals surface area contributed by atoms with Crippen LogP contribution in [0.5, 0.6) is 0 Å². The Balaban J connectivity index is 1.33. The molecule has 1 N–H and O–H groups in total. The van der Waals surface area contributed by atoms with Crippen molar-refractivity contribution in [2.45, 2.75) is 83.2 Å². The highest BCUT2D eigenvalue weighted by atomic mass is 16.5. The second-order valence-corrected chi connectivity index (χ2v) is 9.61. The SMILES string of the molecule is CC(C)c1ncc(-c2ccncc2)c(C2CCC(CNC(=O)CC[C@@H]3CCCO3)CC2)n1. The first kappa shape index (κ1) is 22.8. The Morgan fingerprint density at radius 3 is 2.62 bits per heavy atom. The summed E-state index contributed by atoms with van der Waals surface area (Å²) in [5.74, 6) is 2.37. The van der Waals surface area contributed by atoms with Crippen molar-refractivity contribution in [1.82, 2.24) is 20.3 Å². The lowest BCUT2D eigenvalue weighted by Gasteiger charge is -2.29. The second-order valence-electron chi connectivity index (χ2n) is 9.61. The fraction of sp³-hybridized carbons (Fsp3) is 0.615. The second kappa shape index (κ2) is 11.0. The third-order valence-electron chi connectivity index (χ3n) is 6.88. The number of ether oxygens (including phenoxy) is 1. The van der Waals surface area contributed by atoms with E-state index in [-0.39, 0.29) is 12.0 Å². The number of carbonyl (C=O) groups excluding carboxylic acids is 1. The van der Waals surface area contributed by atoms with Crippen molar-refractivity contribution in [3.05, 3.63) is 42.2 Å². The van der Waals surface area contributed by atoms with Crippen LogP contribution >= 0.6 is 0 Å². The Bertz CT molecular complexity index is 873. The summed E-state index contributed by atoms with van der Waals surface area (Å²) in [6.07, 6.45) is 14.0. The summed E-state index contributed by atoms with van der Waals surface area (Å²) in [7, 11) is 0. The summed E-state index contributed by atoms with van der Waals surface area (Å²) in [6, 6.07) is 4.07. The van der Waals surface area contributed by atoms with Gasteiger partial charge >= 0.3 is 0 Å². The third-order valence-corrected chi connectivity index (χ3v) is 6.88. The summed E-state index contributed by atoms with van der Waals surface area (Å²) >= 11 is 0. The highest BCUT2D eigenvalue weighted by Gasteiger charge is 2.27. The van der Waals surface area contributed by atoms with Crippen LogP contribution in [0.4, 0.5) is 0 Å². The molecule has 6 nitrogen and oxygen atoms in total. The molecule has 172 valence electrons. The van der Waals surface area contributed by atoms with Crippen LogP contribution in [-0.2, 0) is 9.53 Å². The van der Waals surface area contributed by atoms with E-state index >= 15 is 0 Å². The van der Waals surface area contributed by atoms with Crippen molar-refractivity contribution in [2.75, 3.05) is 13.2 Å². The number of pyridine rings is 1. The van der Waals surface area contributed by atoms with Crippen molar-refractivity contribution in [1.29, 1.82) is 0 Å².